The minimum absolute atomic E-state index is 0.183. The molecule has 0 radical (unpaired) electrons. The number of halogens is 4. The van der Waals surface area contributed by atoms with Crippen LogP contribution in [-0.2, 0) is 6.18 Å². The zero-order valence-corrected chi connectivity index (χ0v) is 7.86. The highest BCUT2D eigenvalue weighted by atomic mass is 19.4. The van der Waals surface area contributed by atoms with E-state index < -0.39 is 17.6 Å². The highest BCUT2D eigenvalue weighted by Gasteiger charge is 2.34. The van der Waals surface area contributed by atoms with E-state index in [0.717, 1.165) is 12.1 Å². The summed E-state index contributed by atoms with van der Waals surface area (Å²) in [5.74, 6) is -1.18. The molecule has 1 aromatic carbocycles. The van der Waals surface area contributed by atoms with Crippen molar-refractivity contribution < 1.29 is 22.3 Å². The third-order valence-corrected chi connectivity index (χ3v) is 1.84. The molecule has 1 rings (SSSR count). The van der Waals surface area contributed by atoms with Gasteiger partial charge in [0.05, 0.1) is 12.7 Å². The Morgan fingerprint density at radius 2 is 1.93 bits per heavy atom. The van der Waals surface area contributed by atoms with Gasteiger partial charge in [0.25, 0.3) is 0 Å². The third kappa shape index (κ3) is 2.29. The quantitative estimate of drug-likeness (QED) is 0.693. The van der Waals surface area contributed by atoms with Crippen LogP contribution in [0.3, 0.4) is 0 Å². The van der Waals surface area contributed by atoms with E-state index in [2.05, 4.69) is 11.3 Å². The van der Waals surface area contributed by atoms with Crippen LogP contribution in [0, 0.1) is 5.82 Å². The van der Waals surface area contributed by atoms with Gasteiger partial charge in [0.1, 0.15) is 11.6 Å². The molecular weight excluding hydrogens is 212 g/mol. The molecule has 0 atom stereocenters. The van der Waals surface area contributed by atoms with E-state index in [9.17, 15) is 17.6 Å². The highest BCUT2D eigenvalue weighted by molar-refractivity contribution is 5.61. The van der Waals surface area contributed by atoms with E-state index in [1.165, 1.54) is 7.11 Å². The maximum absolute atomic E-state index is 12.8. The lowest BCUT2D eigenvalue weighted by atomic mass is 10.1. The van der Waals surface area contributed by atoms with Gasteiger partial charge in [-0.2, -0.15) is 13.2 Å². The lowest BCUT2D eigenvalue weighted by molar-refractivity contribution is -0.138. The molecule has 5 heteroatoms. The summed E-state index contributed by atoms with van der Waals surface area (Å²) >= 11 is 0. The van der Waals surface area contributed by atoms with Crippen LogP contribution in [-0.4, -0.2) is 7.11 Å². The second-order valence-electron chi connectivity index (χ2n) is 2.77. The highest BCUT2D eigenvalue weighted by Crippen LogP contribution is 2.37. The standard InChI is InChI=1S/C10H8F4O/c1-3-7-8(10(12,13)14)4-6(11)5-9(7)15-2/h3-5H,1H2,2H3. The van der Waals surface area contributed by atoms with Gasteiger partial charge in [-0.1, -0.05) is 12.7 Å². The molecule has 82 valence electrons. The second kappa shape index (κ2) is 3.92. The Kier molecular flexibility index (Phi) is 3.02. The normalized spacial score (nSPS) is 11.3. The van der Waals surface area contributed by atoms with Crippen LogP contribution >= 0.6 is 0 Å². The van der Waals surface area contributed by atoms with Crippen LogP contribution in [0.25, 0.3) is 6.08 Å². The molecule has 0 saturated carbocycles. The molecule has 0 aliphatic heterocycles. The summed E-state index contributed by atoms with van der Waals surface area (Å²) in [7, 11) is 1.17. The Morgan fingerprint density at radius 1 is 1.33 bits per heavy atom. The molecule has 0 amide bonds. The van der Waals surface area contributed by atoms with E-state index in [-0.39, 0.29) is 11.3 Å². The average Bonchev–Trinajstić information content (AvgIpc) is 2.15. The van der Waals surface area contributed by atoms with Crippen molar-refractivity contribution in [2.75, 3.05) is 7.11 Å². The molecule has 15 heavy (non-hydrogen) atoms. The van der Waals surface area contributed by atoms with E-state index >= 15 is 0 Å². The topological polar surface area (TPSA) is 9.23 Å². The van der Waals surface area contributed by atoms with Crippen LogP contribution in [0.4, 0.5) is 17.6 Å². The summed E-state index contributed by atoms with van der Waals surface area (Å²) in [5.41, 5.74) is -1.35. The van der Waals surface area contributed by atoms with Gasteiger partial charge >= 0.3 is 6.18 Å². The summed E-state index contributed by atoms with van der Waals surface area (Å²) in [6.07, 6.45) is -3.64. The van der Waals surface area contributed by atoms with Crippen LogP contribution in [0.5, 0.6) is 5.75 Å². The number of hydrogen-bond acceptors (Lipinski definition) is 1. The minimum atomic E-state index is -4.63. The predicted octanol–water partition coefficient (Wildman–Crippen LogP) is 3.50. The van der Waals surface area contributed by atoms with E-state index in [1.54, 1.807) is 0 Å². The van der Waals surface area contributed by atoms with Gasteiger partial charge in [0.15, 0.2) is 0 Å². The summed E-state index contributed by atoms with van der Waals surface area (Å²) in [6, 6.07) is 1.30. The monoisotopic (exact) mass is 220 g/mol. The number of benzene rings is 1. The van der Waals surface area contributed by atoms with E-state index in [4.69, 9.17) is 0 Å². The van der Waals surface area contributed by atoms with Crippen molar-refractivity contribution in [1.29, 1.82) is 0 Å². The first-order chi connectivity index (χ1) is 6.90. The van der Waals surface area contributed by atoms with Gasteiger partial charge in [-0.05, 0) is 6.07 Å². The molecule has 0 spiro atoms. The predicted molar refractivity (Wildman–Crippen MR) is 48.0 cm³/mol. The Labute approximate surface area is 84.0 Å². The van der Waals surface area contributed by atoms with Crippen LogP contribution in [0.2, 0.25) is 0 Å². The first kappa shape index (κ1) is 11.6. The number of rotatable bonds is 2. The SMILES string of the molecule is C=Cc1c(OC)cc(F)cc1C(F)(F)F. The number of ether oxygens (including phenoxy) is 1. The maximum atomic E-state index is 12.8. The molecule has 0 aromatic heterocycles. The zero-order valence-electron chi connectivity index (χ0n) is 7.86. The fraction of sp³-hybridized carbons (Fsp3) is 0.200. The second-order valence-corrected chi connectivity index (χ2v) is 2.77. The first-order valence-corrected chi connectivity index (χ1v) is 3.97. The van der Waals surface area contributed by atoms with Gasteiger partial charge in [0, 0.05) is 11.6 Å². The van der Waals surface area contributed by atoms with Crippen LogP contribution in [0.1, 0.15) is 11.1 Å². The minimum Gasteiger partial charge on any atom is -0.496 e. The molecule has 0 saturated heterocycles. The smallest absolute Gasteiger partial charge is 0.417 e. The Bertz CT molecular complexity index is 382. The van der Waals surface area contributed by atoms with Crippen molar-refractivity contribution in [3.05, 3.63) is 35.7 Å². The molecule has 0 aliphatic rings. The third-order valence-electron chi connectivity index (χ3n) is 1.84. The molecule has 0 bridgehead atoms. The van der Waals surface area contributed by atoms with Crippen LogP contribution < -0.4 is 4.74 Å². The molecule has 0 heterocycles. The lowest BCUT2D eigenvalue weighted by Crippen LogP contribution is -2.09. The van der Waals surface area contributed by atoms with Crippen molar-refractivity contribution in [3.8, 4) is 5.75 Å². The van der Waals surface area contributed by atoms with E-state index in [0.29, 0.717) is 6.07 Å². The van der Waals surface area contributed by atoms with Gasteiger partial charge in [-0.3, -0.25) is 0 Å². The maximum Gasteiger partial charge on any atom is 0.417 e. The Hall–Kier alpha value is -1.52. The van der Waals surface area contributed by atoms with Gasteiger partial charge in [0.2, 0.25) is 0 Å². The van der Waals surface area contributed by atoms with Crippen LogP contribution in [0.15, 0.2) is 18.7 Å². The lowest BCUT2D eigenvalue weighted by Gasteiger charge is -2.13. The van der Waals surface area contributed by atoms with Gasteiger partial charge in [-0.15, -0.1) is 0 Å². The van der Waals surface area contributed by atoms with Crippen molar-refractivity contribution in [2.45, 2.75) is 6.18 Å². The molecule has 0 fully saturated rings. The van der Waals surface area contributed by atoms with E-state index in [1.807, 2.05) is 0 Å². The summed E-state index contributed by atoms with van der Waals surface area (Å²) in [6.45, 7) is 3.24. The molecular formula is C10H8F4O. The summed E-state index contributed by atoms with van der Waals surface area (Å²) in [4.78, 5) is 0. The molecule has 0 N–H and O–H groups in total. The van der Waals surface area contributed by atoms with Gasteiger partial charge < -0.3 is 4.74 Å². The van der Waals surface area contributed by atoms with Crippen molar-refractivity contribution in [3.63, 3.8) is 0 Å². The number of alkyl halides is 3. The fourth-order valence-electron chi connectivity index (χ4n) is 1.21. The Balaban J connectivity index is 3.49. The number of hydrogen-bond donors (Lipinski definition) is 0. The fourth-order valence-corrected chi connectivity index (χ4v) is 1.21. The largest absolute Gasteiger partial charge is 0.496 e. The van der Waals surface area contributed by atoms with Crippen molar-refractivity contribution in [2.24, 2.45) is 0 Å². The molecule has 0 unspecified atom stereocenters. The first-order valence-electron chi connectivity index (χ1n) is 3.97. The summed E-state index contributed by atoms with van der Waals surface area (Å²) < 4.78 is 54.9. The molecule has 0 aliphatic carbocycles. The van der Waals surface area contributed by atoms with Crippen molar-refractivity contribution >= 4 is 6.08 Å². The average molecular weight is 220 g/mol. The number of methoxy groups -OCH3 is 1. The Morgan fingerprint density at radius 3 is 2.33 bits per heavy atom. The summed E-state index contributed by atoms with van der Waals surface area (Å²) in [5, 5.41) is 0. The van der Waals surface area contributed by atoms with Gasteiger partial charge in [-0.25, -0.2) is 4.39 Å². The zero-order chi connectivity index (χ0) is 11.6. The van der Waals surface area contributed by atoms with Crippen molar-refractivity contribution in [1.82, 2.24) is 0 Å². The molecule has 1 aromatic rings. The molecule has 1 nitrogen and oxygen atoms in total.